The minimum absolute atomic E-state index is 0.0982. The summed E-state index contributed by atoms with van der Waals surface area (Å²) in [6.45, 7) is 19.9. The minimum atomic E-state index is -0.791. The average molecular weight is 1130 g/mol. The molecule has 7 fully saturated rings. The highest BCUT2D eigenvalue weighted by Crippen LogP contribution is 2.51. The molecule has 18 nitrogen and oxygen atoms in total. The third kappa shape index (κ3) is 11.4. The highest BCUT2D eigenvalue weighted by molar-refractivity contribution is 7.13. The Morgan fingerprint density at radius 1 is 0.889 bits per heavy atom. The molecule has 2 aromatic heterocycles. The largest absolute Gasteiger partial charge is 0.507 e. The number of aromatic hydroxyl groups is 1. The number of carbonyl (C=O) groups is 2. The van der Waals surface area contributed by atoms with Crippen molar-refractivity contribution in [3.8, 4) is 16.2 Å². The predicted molar refractivity (Wildman–Crippen MR) is 316 cm³/mol. The van der Waals surface area contributed by atoms with Gasteiger partial charge in [-0.3, -0.25) is 34.7 Å². The first-order valence-electron chi connectivity index (χ1n) is 30.3. The fourth-order valence-corrected chi connectivity index (χ4v) is 16.1. The molecule has 2 aromatic carbocycles. The van der Waals surface area contributed by atoms with Crippen LogP contribution >= 0.6 is 11.3 Å². The van der Waals surface area contributed by atoms with Gasteiger partial charge < -0.3 is 45.4 Å². The van der Waals surface area contributed by atoms with Crippen LogP contribution in [0.4, 0.5) is 5.82 Å². The SMILES string of the molecule is Cc1ncsc1-c1ccc([C@H](C)NC(=O)[C@@H]2C[C@@H](O)CN2C(=O)[C@@H](c2cc(N3CCC(CN4CCC5(CC4)CC(N4CCN(C)[C@@H](CN6C7CCC6CN(C6=C(N)NN(C)C(c8ccccc8O)=C6)C7)C4)C5)CC3)no2)C(C)C)cc1. The molecule has 2 bridgehead atoms. The number of aromatic nitrogens is 2. The Balaban J connectivity index is 0.581. The van der Waals surface area contributed by atoms with Gasteiger partial charge in [-0.05, 0) is 132 Å². The van der Waals surface area contributed by atoms with Crippen molar-refractivity contribution in [2.45, 2.75) is 134 Å². The molecule has 6 N–H and O–H groups in total. The first-order valence-corrected chi connectivity index (χ1v) is 31.1. The topological polar surface area (TPSA) is 190 Å². The molecule has 1 spiro atoms. The summed E-state index contributed by atoms with van der Waals surface area (Å²) in [7, 11) is 4.29. The lowest BCUT2D eigenvalue weighted by Gasteiger charge is -2.57. The number of fused-ring (bicyclic) bond motifs is 2. The molecule has 81 heavy (non-hydrogen) atoms. The summed E-state index contributed by atoms with van der Waals surface area (Å²) in [5.74, 6) is 1.60. The van der Waals surface area contributed by atoms with Gasteiger partial charge in [0.2, 0.25) is 11.8 Å². The number of thiazole rings is 1. The van der Waals surface area contributed by atoms with Gasteiger partial charge in [-0.25, -0.2) is 4.98 Å². The Bertz CT molecular complexity index is 2920. The number of aliphatic hydroxyl groups excluding tert-OH is 1. The zero-order valence-electron chi connectivity index (χ0n) is 48.6. The zero-order chi connectivity index (χ0) is 56.3. The number of nitrogens with two attached hydrogens (primary N) is 1. The number of piperidine rings is 2. The number of hydrazine groups is 1. The molecule has 4 aromatic rings. The lowest BCUT2D eigenvalue weighted by atomic mass is 9.60. The Hall–Kier alpha value is -5.70. The van der Waals surface area contributed by atoms with E-state index in [0.29, 0.717) is 47.1 Å². The number of carbonyl (C=O) groups excluding carboxylic acids is 2. The van der Waals surface area contributed by atoms with Crippen LogP contribution in [0.15, 0.2) is 82.2 Å². The number of β-amino-alcohol motifs (C(OH)–C–C–N with tert-alkyl or cyclic N) is 1. The number of piperazine rings is 2. The minimum Gasteiger partial charge on any atom is -0.507 e. The molecule has 7 atom stereocenters. The second kappa shape index (κ2) is 23.2. The number of para-hydroxylation sites is 1. The van der Waals surface area contributed by atoms with Crippen LogP contribution in [0.5, 0.6) is 5.75 Å². The highest BCUT2D eigenvalue weighted by atomic mass is 32.1. The first kappa shape index (κ1) is 55.8. The maximum Gasteiger partial charge on any atom is 0.243 e. The maximum atomic E-state index is 14.5. The van der Waals surface area contributed by atoms with E-state index in [0.717, 1.165) is 110 Å². The maximum absolute atomic E-state index is 14.5. The molecule has 9 heterocycles. The normalized spacial score (nSPS) is 27.0. The fraction of sp³-hybridized carbons (Fsp3) is 0.613. The molecule has 8 aliphatic rings. The van der Waals surface area contributed by atoms with E-state index in [4.69, 9.17) is 10.3 Å². The molecule has 1 saturated carbocycles. The number of likely N-dealkylation sites (N-methyl/N-ethyl adjacent to an activating group) is 1. The smallest absolute Gasteiger partial charge is 0.243 e. The molecule has 1 aliphatic carbocycles. The number of phenolic OH excluding ortho intramolecular Hbond substituents is 1. The van der Waals surface area contributed by atoms with Crippen LogP contribution < -0.4 is 21.4 Å². The van der Waals surface area contributed by atoms with Crippen LogP contribution in [0.1, 0.15) is 113 Å². The molecule has 12 rings (SSSR count). The van der Waals surface area contributed by atoms with Gasteiger partial charge in [-0.1, -0.05) is 55.4 Å². The van der Waals surface area contributed by atoms with Gasteiger partial charge in [0, 0.05) is 115 Å². The van der Waals surface area contributed by atoms with Crippen LogP contribution in [-0.4, -0.2) is 196 Å². The summed E-state index contributed by atoms with van der Waals surface area (Å²) in [5.41, 5.74) is 18.1. The number of aryl methyl sites for hydroxylation is 1. The van der Waals surface area contributed by atoms with Gasteiger partial charge >= 0.3 is 0 Å². The van der Waals surface area contributed by atoms with Crippen molar-refractivity contribution in [1.82, 2.24) is 55.3 Å². The number of likely N-dealkylation sites (tertiary alicyclic amines) is 3. The summed E-state index contributed by atoms with van der Waals surface area (Å²) in [6, 6.07) is 18.8. The first-order chi connectivity index (χ1) is 39.1. The van der Waals surface area contributed by atoms with E-state index in [1.54, 1.807) is 22.3 Å². The third-order valence-electron chi connectivity index (χ3n) is 20.2. The molecular weight excluding hydrogens is 1040 g/mol. The number of hydrogen-bond acceptors (Lipinski definition) is 17. The quantitative estimate of drug-likeness (QED) is 0.0900. The van der Waals surface area contributed by atoms with Crippen LogP contribution in [0.3, 0.4) is 0 Å². The van der Waals surface area contributed by atoms with Gasteiger partial charge in [0.15, 0.2) is 11.6 Å². The summed E-state index contributed by atoms with van der Waals surface area (Å²) in [6.07, 6.45) is 11.5. The van der Waals surface area contributed by atoms with Crippen LogP contribution in [0.25, 0.3) is 16.1 Å². The van der Waals surface area contributed by atoms with Gasteiger partial charge in [-0.2, -0.15) is 0 Å². The van der Waals surface area contributed by atoms with Crippen molar-refractivity contribution in [1.29, 1.82) is 0 Å². The Kier molecular flexibility index (Phi) is 16.0. The van der Waals surface area contributed by atoms with Gasteiger partial charge in [-0.15, -0.1) is 11.3 Å². The molecule has 6 saturated heterocycles. The summed E-state index contributed by atoms with van der Waals surface area (Å²) in [4.78, 5) is 51.2. The number of anilines is 1. The fourth-order valence-electron chi connectivity index (χ4n) is 15.3. The number of aliphatic hydroxyl groups is 1. The average Bonchev–Trinajstić information content (AvgIpc) is 4.32. The lowest BCUT2D eigenvalue weighted by Crippen LogP contribution is -2.64. The molecule has 0 radical (unpaired) electrons. The van der Waals surface area contributed by atoms with E-state index >= 15 is 0 Å². The zero-order valence-corrected chi connectivity index (χ0v) is 49.4. The molecule has 7 aliphatic heterocycles. The van der Waals surface area contributed by atoms with Gasteiger partial charge in [0.05, 0.1) is 39.6 Å². The van der Waals surface area contributed by atoms with E-state index in [1.165, 1.54) is 58.2 Å². The van der Waals surface area contributed by atoms with E-state index < -0.39 is 18.1 Å². The molecule has 2 amide bonds. The predicted octanol–water partition coefficient (Wildman–Crippen LogP) is 6.24. The molecule has 19 heteroatoms. The van der Waals surface area contributed by atoms with Crippen molar-refractivity contribution in [2.75, 3.05) is 97.5 Å². The number of allylic oxidation sites excluding steroid dienone is 1. The Morgan fingerprint density at radius 2 is 1.62 bits per heavy atom. The number of amides is 2. The van der Waals surface area contributed by atoms with Crippen molar-refractivity contribution in [3.05, 3.63) is 100 Å². The highest BCUT2D eigenvalue weighted by Gasteiger charge is 2.50. The van der Waals surface area contributed by atoms with Crippen LogP contribution in [0, 0.1) is 24.2 Å². The van der Waals surface area contributed by atoms with Crippen molar-refractivity contribution < 1.29 is 24.3 Å². The van der Waals surface area contributed by atoms with Crippen molar-refractivity contribution >= 4 is 34.7 Å². The second-order valence-corrected chi connectivity index (χ2v) is 26.6. The Morgan fingerprint density at radius 3 is 2.31 bits per heavy atom. The molecule has 2 unspecified atom stereocenters. The van der Waals surface area contributed by atoms with Crippen molar-refractivity contribution in [2.24, 2.45) is 23.0 Å². The van der Waals surface area contributed by atoms with E-state index in [9.17, 15) is 19.8 Å². The van der Waals surface area contributed by atoms with Gasteiger partial charge in [0.25, 0.3) is 0 Å². The number of nitrogens with one attached hydrogen (secondary N) is 2. The lowest BCUT2D eigenvalue weighted by molar-refractivity contribution is -0.141. The summed E-state index contributed by atoms with van der Waals surface area (Å²) in [5, 5.41) is 31.1. The monoisotopic (exact) mass is 1130 g/mol. The second-order valence-electron chi connectivity index (χ2n) is 25.7. The van der Waals surface area contributed by atoms with E-state index in [2.05, 4.69) is 75.5 Å². The number of phenols is 1. The molecule has 436 valence electrons. The summed E-state index contributed by atoms with van der Waals surface area (Å²) >= 11 is 1.61. The third-order valence-corrected chi connectivity index (χ3v) is 21.2. The standard InChI is InChI=1S/C62H87N13O5S/c1-39(2)57(61(79)75-37-49(76)27-53(75)60(78)65-40(3)43-11-13-44(14-12-43)58-41(4)64-38-81-58)55-29-56(67-80-55)71-21-17-42(18-22-71)32-70-23-19-62(20-24-70)30-47(31-62)72-26-25-68(5)48(35-72)36-74-45-15-16-46(74)34-73(33-45)52-28-51(69(6)66-59(52)63)50-9-7-8-10-54(50)77/h7-14,28-29,38-40,42,45-49,53,57,66,76-77H,15-27,30-37,63H2,1-6H3,(H,65,78)/t40-,45?,46?,48+,49+,53-,57+/m0/s1. The number of rotatable bonds is 15. The van der Waals surface area contributed by atoms with Crippen LogP contribution in [-0.2, 0) is 9.59 Å². The van der Waals surface area contributed by atoms with E-state index in [-0.39, 0.29) is 42.5 Å². The van der Waals surface area contributed by atoms with Crippen molar-refractivity contribution in [3.63, 3.8) is 0 Å². The number of hydrogen-bond donors (Lipinski definition) is 5. The number of benzene rings is 2. The number of nitrogens with zero attached hydrogens (tertiary/aromatic N) is 10. The molecular formula is C62H87N13O5S. The van der Waals surface area contributed by atoms with E-state index in [1.807, 2.05) is 81.7 Å². The summed E-state index contributed by atoms with van der Waals surface area (Å²) < 4.78 is 6.00. The van der Waals surface area contributed by atoms with Crippen LogP contribution in [0.2, 0.25) is 0 Å². The van der Waals surface area contributed by atoms with Gasteiger partial charge in [0.1, 0.15) is 23.5 Å². The Labute approximate surface area is 482 Å².